The predicted molar refractivity (Wildman–Crippen MR) is 54.7 cm³/mol. The van der Waals surface area contributed by atoms with E-state index in [1.165, 1.54) is 25.7 Å². The molecule has 0 aromatic heterocycles. The topological polar surface area (TPSA) is 43.1 Å². The summed E-state index contributed by atoms with van der Waals surface area (Å²) in [6.45, 7) is 2.34. The Morgan fingerprint density at radius 3 is 2.79 bits per heavy atom. The van der Waals surface area contributed by atoms with Crippen molar-refractivity contribution in [3.05, 3.63) is 10.1 Å². The summed E-state index contributed by atoms with van der Waals surface area (Å²) in [5.74, 6) is 0.625. The summed E-state index contributed by atoms with van der Waals surface area (Å²) in [4.78, 5) is 10.7. The van der Waals surface area contributed by atoms with Crippen LogP contribution in [0.4, 0.5) is 0 Å². The minimum absolute atomic E-state index is 0.0613. The molecular formula is C11H19NO2. The molecular weight excluding hydrogens is 178 g/mol. The lowest BCUT2D eigenvalue weighted by atomic mass is 9.60. The highest BCUT2D eigenvalue weighted by atomic mass is 16.6. The van der Waals surface area contributed by atoms with Crippen LogP contribution in [0.5, 0.6) is 0 Å². The van der Waals surface area contributed by atoms with Crippen LogP contribution < -0.4 is 0 Å². The Morgan fingerprint density at radius 1 is 1.29 bits per heavy atom. The standard InChI is InChI=1S/C11H19NO2/c1-11-6-3-2-4-9(11)8-10(5-7-11)12(13)14/h9-10H,2-8H2,1H3/t9?,10?,11-/m0/s1. The van der Waals surface area contributed by atoms with Crippen LogP contribution in [0.1, 0.15) is 51.9 Å². The average molecular weight is 197 g/mol. The Kier molecular flexibility index (Phi) is 2.50. The summed E-state index contributed by atoms with van der Waals surface area (Å²) >= 11 is 0. The molecule has 0 spiro atoms. The average Bonchev–Trinajstić information content (AvgIpc) is 2.16. The van der Waals surface area contributed by atoms with Gasteiger partial charge in [0.2, 0.25) is 6.04 Å². The van der Waals surface area contributed by atoms with E-state index in [1.807, 2.05) is 0 Å². The molecule has 2 unspecified atom stereocenters. The molecule has 2 saturated carbocycles. The third-order valence-electron chi connectivity index (χ3n) is 4.44. The van der Waals surface area contributed by atoms with E-state index in [9.17, 15) is 10.1 Å². The summed E-state index contributed by atoms with van der Waals surface area (Å²) in [5, 5.41) is 10.7. The van der Waals surface area contributed by atoms with Gasteiger partial charge in [-0.25, -0.2) is 0 Å². The molecule has 80 valence electrons. The van der Waals surface area contributed by atoms with Crippen LogP contribution in [-0.4, -0.2) is 11.0 Å². The van der Waals surface area contributed by atoms with Crippen molar-refractivity contribution in [2.45, 2.75) is 57.9 Å². The van der Waals surface area contributed by atoms with Crippen molar-refractivity contribution in [2.24, 2.45) is 11.3 Å². The fraction of sp³-hybridized carbons (Fsp3) is 1.00. The predicted octanol–water partition coefficient (Wildman–Crippen LogP) is 3.01. The summed E-state index contributed by atoms with van der Waals surface area (Å²) in [6, 6.07) is -0.244. The normalized spacial score (nSPS) is 42.9. The number of nitro groups is 1. The van der Waals surface area contributed by atoms with Crippen LogP contribution >= 0.6 is 0 Å². The second-order valence-electron chi connectivity index (χ2n) is 5.31. The summed E-state index contributed by atoms with van der Waals surface area (Å²) in [5.41, 5.74) is 0.435. The molecule has 0 N–H and O–H groups in total. The van der Waals surface area contributed by atoms with E-state index in [-0.39, 0.29) is 11.0 Å². The number of rotatable bonds is 1. The molecule has 0 saturated heterocycles. The van der Waals surface area contributed by atoms with Crippen LogP contribution in [0, 0.1) is 21.4 Å². The first-order valence-electron chi connectivity index (χ1n) is 5.75. The first-order chi connectivity index (χ1) is 6.62. The maximum Gasteiger partial charge on any atom is 0.213 e. The molecule has 0 amide bonds. The number of fused-ring (bicyclic) bond motifs is 1. The van der Waals surface area contributed by atoms with Gasteiger partial charge in [0.25, 0.3) is 0 Å². The molecule has 0 aromatic rings. The van der Waals surface area contributed by atoms with Gasteiger partial charge in [-0.2, -0.15) is 0 Å². The van der Waals surface area contributed by atoms with E-state index >= 15 is 0 Å². The Balaban J connectivity index is 2.05. The Bertz CT molecular complexity index is 241. The van der Waals surface area contributed by atoms with E-state index in [0.717, 1.165) is 19.3 Å². The minimum atomic E-state index is -0.244. The van der Waals surface area contributed by atoms with Crippen LogP contribution in [0.15, 0.2) is 0 Å². The second-order valence-corrected chi connectivity index (χ2v) is 5.31. The van der Waals surface area contributed by atoms with Crippen molar-refractivity contribution in [3.8, 4) is 0 Å². The number of nitrogens with zero attached hydrogens (tertiary/aromatic N) is 1. The van der Waals surface area contributed by atoms with Gasteiger partial charge in [0.15, 0.2) is 0 Å². The van der Waals surface area contributed by atoms with Crippen LogP contribution in [0.3, 0.4) is 0 Å². The van der Waals surface area contributed by atoms with Gasteiger partial charge in [0.05, 0.1) is 0 Å². The molecule has 0 aliphatic heterocycles. The molecule has 14 heavy (non-hydrogen) atoms. The third kappa shape index (κ3) is 1.64. The van der Waals surface area contributed by atoms with Gasteiger partial charge >= 0.3 is 0 Å². The van der Waals surface area contributed by atoms with E-state index < -0.39 is 0 Å². The Hall–Kier alpha value is -0.600. The molecule has 2 aliphatic carbocycles. The molecule has 0 bridgehead atoms. The molecule has 3 heteroatoms. The van der Waals surface area contributed by atoms with Crippen LogP contribution in [0.25, 0.3) is 0 Å². The molecule has 0 aromatic carbocycles. The van der Waals surface area contributed by atoms with Crippen molar-refractivity contribution in [2.75, 3.05) is 0 Å². The Labute approximate surface area is 85.0 Å². The quantitative estimate of drug-likeness (QED) is 0.479. The smallest absolute Gasteiger partial charge is 0.213 e. The maximum absolute atomic E-state index is 10.7. The third-order valence-corrected chi connectivity index (χ3v) is 4.44. The van der Waals surface area contributed by atoms with Gasteiger partial charge in [0, 0.05) is 17.8 Å². The molecule has 2 fully saturated rings. The van der Waals surface area contributed by atoms with Crippen molar-refractivity contribution in [1.29, 1.82) is 0 Å². The fourth-order valence-electron chi connectivity index (χ4n) is 3.34. The lowest BCUT2D eigenvalue weighted by molar-refractivity contribution is -0.530. The SMILES string of the molecule is C[C@@]12CCCCC1CC([N+](=O)[O-])CC2. The monoisotopic (exact) mass is 197 g/mol. The van der Waals surface area contributed by atoms with Gasteiger partial charge in [0.1, 0.15) is 0 Å². The number of hydrogen-bond acceptors (Lipinski definition) is 2. The zero-order valence-electron chi connectivity index (χ0n) is 8.87. The zero-order valence-corrected chi connectivity index (χ0v) is 8.87. The van der Waals surface area contributed by atoms with E-state index in [1.54, 1.807) is 0 Å². The van der Waals surface area contributed by atoms with E-state index in [0.29, 0.717) is 11.3 Å². The summed E-state index contributed by atoms with van der Waals surface area (Å²) < 4.78 is 0. The molecule has 3 atom stereocenters. The Morgan fingerprint density at radius 2 is 2.07 bits per heavy atom. The lowest BCUT2D eigenvalue weighted by Gasteiger charge is -2.45. The van der Waals surface area contributed by atoms with E-state index in [4.69, 9.17) is 0 Å². The highest BCUT2D eigenvalue weighted by Gasteiger charge is 2.44. The van der Waals surface area contributed by atoms with Gasteiger partial charge < -0.3 is 0 Å². The first kappa shape index (κ1) is 9.94. The highest BCUT2D eigenvalue weighted by Crippen LogP contribution is 2.50. The highest BCUT2D eigenvalue weighted by molar-refractivity contribution is 4.91. The van der Waals surface area contributed by atoms with Gasteiger partial charge in [-0.1, -0.05) is 19.8 Å². The van der Waals surface area contributed by atoms with Crippen molar-refractivity contribution >= 4 is 0 Å². The largest absolute Gasteiger partial charge is 0.264 e. The van der Waals surface area contributed by atoms with Gasteiger partial charge in [-0.15, -0.1) is 0 Å². The number of hydrogen-bond donors (Lipinski definition) is 0. The maximum atomic E-state index is 10.7. The second kappa shape index (κ2) is 3.52. The van der Waals surface area contributed by atoms with Crippen LogP contribution in [-0.2, 0) is 0 Å². The molecule has 0 radical (unpaired) electrons. The summed E-state index contributed by atoms with van der Waals surface area (Å²) in [6.07, 6.45) is 7.84. The van der Waals surface area contributed by atoms with Crippen molar-refractivity contribution in [1.82, 2.24) is 0 Å². The lowest BCUT2D eigenvalue weighted by Crippen LogP contribution is -2.41. The van der Waals surface area contributed by atoms with Crippen molar-refractivity contribution in [3.63, 3.8) is 0 Å². The van der Waals surface area contributed by atoms with Crippen LogP contribution in [0.2, 0.25) is 0 Å². The van der Waals surface area contributed by atoms with E-state index in [2.05, 4.69) is 6.92 Å². The zero-order chi connectivity index (χ0) is 10.2. The molecule has 0 heterocycles. The van der Waals surface area contributed by atoms with Gasteiger partial charge in [-0.05, 0) is 30.6 Å². The molecule has 2 rings (SSSR count). The minimum Gasteiger partial charge on any atom is -0.264 e. The molecule has 2 aliphatic rings. The summed E-state index contributed by atoms with van der Waals surface area (Å²) in [7, 11) is 0. The fourth-order valence-corrected chi connectivity index (χ4v) is 3.34. The molecule has 3 nitrogen and oxygen atoms in total. The first-order valence-corrected chi connectivity index (χ1v) is 5.75. The van der Waals surface area contributed by atoms with Crippen molar-refractivity contribution < 1.29 is 4.92 Å². The van der Waals surface area contributed by atoms with Gasteiger partial charge in [-0.3, -0.25) is 10.1 Å².